The number of hydrogen-bond acceptors (Lipinski definition) is 2. The van der Waals surface area contributed by atoms with E-state index in [1.165, 1.54) is 16.7 Å². The molecule has 72 valence electrons. The van der Waals surface area contributed by atoms with Gasteiger partial charge in [-0.05, 0) is 11.1 Å². The Kier molecular flexibility index (Phi) is 1.81. The zero-order chi connectivity index (χ0) is 9.38. The Bertz CT molecular complexity index is 395. The smallest absolute Gasteiger partial charge is 0.130 e. The predicted molar refractivity (Wildman–Crippen MR) is 56.5 cm³/mol. The minimum absolute atomic E-state index is 0.840. The van der Waals surface area contributed by atoms with Crippen LogP contribution in [0.3, 0.4) is 0 Å². The van der Waals surface area contributed by atoms with E-state index in [0.717, 1.165) is 31.9 Å². The summed E-state index contributed by atoms with van der Waals surface area (Å²) in [5.74, 6) is 1.11. The molecule has 2 heterocycles. The first-order chi connectivity index (χ1) is 6.95. The van der Waals surface area contributed by atoms with Gasteiger partial charge in [0.2, 0.25) is 0 Å². The van der Waals surface area contributed by atoms with E-state index >= 15 is 0 Å². The zero-order valence-corrected chi connectivity index (χ0v) is 8.05. The van der Waals surface area contributed by atoms with Gasteiger partial charge in [0.1, 0.15) is 5.75 Å². The summed E-state index contributed by atoms with van der Waals surface area (Å²) < 4.78 is 5.67. The molecule has 2 aliphatic heterocycles. The van der Waals surface area contributed by atoms with Crippen LogP contribution >= 0.6 is 0 Å². The van der Waals surface area contributed by atoms with Gasteiger partial charge in [-0.3, -0.25) is 0 Å². The molecule has 0 radical (unpaired) electrons. The van der Waals surface area contributed by atoms with Crippen molar-refractivity contribution in [2.75, 3.05) is 19.7 Å². The highest BCUT2D eigenvalue weighted by Crippen LogP contribution is 2.34. The Morgan fingerprint density at radius 1 is 1.29 bits per heavy atom. The van der Waals surface area contributed by atoms with E-state index in [4.69, 9.17) is 4.74 Å². The highest BCUT2D eigenvalue weighted by molar-refractivity contribution is 5.74. The fourth-order valence-corrected chi connectivity index (χ4v) is 2.15. The second kappa shape index (κ2) is 3.14. The molecule has 3 rings (SSSR count). The Hall–Kier alpha value is -1.28. The molecule has 0 saturated carbocycles. The monoisotopic (exact) mass is 187 g/mol. The minimum atomic E-state index is 0.840. The Morgan fingerprint density at radius 3 is 3.14 bits per heavy atom. The summed E-state index contributed by atoms with van der Waals surface area (Å²) >= 11 is 0. The molecule has 0 bridgehead atoms. The fourth-order valence-electron chi connectivity index (χ4n) is 2.15. The molecule has 0 fully saturated rings. The molecule has 2 heteroatoms. The third-order valence-corrected chi connectivity index (χ3v) is 2.87. The third-order valence-electron chi connectivity index (χ3n) is 2.87. The molecule has 0 unspecified atom stereocenters. The van der Waals surface area contributed by atoms with Crippen LogP contribution in [0.25, 0.3) is 5.57 Å². The van der Waals surface area contributed by atoms with Crippen molar-refractivity contribution in [3.63, 3.8) is 0 Å². The van der Waals surface area contributed by atoms with E-state index in [1.54, 1.807) is 0 Å². The lowest BCUT2D eigenvalue weighted by Crippen LogP contribution is -2.07. The molecule has 0 amide bonds. The second-order valence-corrected chi connectivity index (χ2v) is 3.75. The summed E-state index contributed by atoms with van der Waals surface area (Å²) in [4.78, 5) is 0. The molecular formula is C12H13NO. The predicted octanol–water partition coefficient (Wildman–Crippen LogP) is 1.61. The normalized spacial score (nSPS) is 19.0. The van der Waals surface area contributed by atoms with Gasteiger partial charge in [0.15, 0.2) is 0 Å². The number of benzene rings is 1. The van der Waals surface area contributed by atoms with Crippen LogP contribution < -0.4 is 10.1 Å². The molecule has 1 aromatic carbocycles. The first-order valence-electron chi connectivity index (χ1n) is 5.10. The van der Waals surface area contributed by atoms with Gasteiger partial charge >= 0.3 is 0 Å². The first-order valence-corrected chi connectivity index (χ1v) is 5.10. The van der Waals surface area contributed by atoms with Crippen LogP contribution in [0.1, 0.15) is 11.1 Å². The van der Waals surface area contributed by atoms with Crippen molar-refractivity contribution in [2.24, 2.45) is 0 Å². The lowest BCUT2D eigenvalue weighted by atomic mass is 10.0. The highest BCUT2D eigenvalue weighted by Gasteiger charge is 2.18. The van der Waals surface area contributed by atoms with Crippen LogP contribution in [0.15, 0.2) is 24.3 Å². The van der Waals surface area contributed by atoms with Crippen molar-refractivity contribution >= 4 is 5.57 Å². The highest BCUT2D eigenvalue weighted by atomic mass is 16.5. The SMILES string of the molecule is C1=C(c2cccc3c2OCC3)CNC1. The van der Waals surface area contributed by atoms with Crippen LogP contribution in [0, 0.1) is 0 Å². The second-order valence-electron chi connectivity index (χ2n) is 3.75. The molecule has 1 N–H and O–H groups in total. The van der Waals surface area contributed by atoms with E-state index in [1.807, 2.05) is 0 Å². The van der Waals surface area contributed by atoms with Gasteiger partial charge in [-0.15, -0.1) is 0 Å². The number of para-hydroxylation sites is 1. The van der Waals surface area contributed by atoms with Crippen molar-refractivity contribution in [3.05, 3.63) is 35.4 Å². The van der Waals surface area contributed by atoms with Crippen molar-refractivity contribution in [2.45, 2.75) is 6.42 Å². The Balaban J connectivity index is 2.09. The van der Waals surface area contributed by atoms with Crippen molar-refractivity contribution in [1.82, 2.24) is 5.32 Å². The van der Waals surface area contributed by atoms with Gasteiger partial charge < -0.3 is 10.1 Å². The zero-order valence-electron chi connectivity index (χ0n) is 8.05. The average molecular weight is 187 g/mol. The van der Waals surface area contributed by atoms with Gasteiger partial charge in [0.05, 0.1) is 6.61 Å². The summed E-state index contributed by atoms with van der Waals surface area (Å²) in [5.41, 5.74) is 4.02. The summed E-state index contributed by atoms with van der Waals surface area (Å²) in [6, 6.07) is 6.44. The summed E-state index contributed by atoms with van der Waals surface area (Å²) in [6.45, 7) is 2.80. The van der Waals surface area contributed by atoms with E-state index in [2.05, 4.69) is 29.6 Å². The van der Waals surface area contributed by atoms with Gasteiger partial charge in [-0.25, -0.2) is 0 Å². The molecule has 0 spiro atoms. The number of hydrogen-bond donors (Lipinski definition) is 1. The van der Waals surface area contributed by atoms with Gasteiger partial charge in [-0.2, -0.15) is 0 Å². The molecule has 0 saturated heterocycles. The fraction of sp³-hybridized carbons (Fsp3) is 0.333. The molecular weight excluding hydrogens is 174 g/mol. The van der Waals surface area contributed by atoms with Gasteiger partial charge in [0, 0.05) is 25.1 Å². The average Bonchev–Trinajstić information content (AvgIpc) is 2.88. The lowest BCUT2D eigenvalue weighted by Gasteiger charge is -2.08. The maximum Gasteiger partial charge on any atom is 0.130 e. The van der Waals surface area contributed by atoms with Crippen LogP contribution in [-0.4, -0.2) is 19.7 Å². The van der Waals surface area contributed by atoms with Crippen LogP contribution in [-0.2, 0) is 6.42 Å². The number of fused-ring (bicyclic) bond motifs is 1. The molecule has 14 heavy (non-hydrogen) atoms. The molecule has 0 aromatic heterocycles. The van der Waals surface area contributed by atoms with Crippen LogP contribution in [0.4, 0.5) is 0 Å². The maximum absolute atomic E-state index is 5.67. The molecule has 0 aliphatic carbocycles. The summed E-state index contributed by atoms with van der Waals surface area (Å²) in [6.07, 6.45) is 3.31. The molecule has 1 aromatic rings. The van der Waals surface area contributed by atoms with Crippen molar-refractivity contribution in [1.29, 1.82) is 0 Å². The number of rotatable bonds is 1. The van der Waals surface area contributed by atoms with Crippen LogP contribution in [0.5, 0.6) is 5.75 Å². The quantitative estimate of drug-likeness (QED) is 0.721. The van der Waals surface area contributed by atoms with Crippen molar-refractivity contribution < 1.29 is 4.74 Å². The van der Waals surface area contributed by atoms with Crippen LogP contribution in [0.2, 0.25) is 0 Å². The third kappa shape index (κ3) is 1.15. The molecule has 2 nitrogen and oxygen atoms in total. The Labute approximate surface area is 83.6 Å². The Morgan fingerprint density at radius 2 is 2.29 bits per heavy atom. The summed E-state index contributed by atoms with van der Waals surface area (Å²) in [7, 11) is 0. The molecule has 2 aliphatic rings. The van der Waals surface area contributed by atoms with E-state index in [-0.39, 0.29) is 0 Å². The van der Waals surface area contributed by atoms with Gasteiger partial charge in [0.25, 0.3) is 0 Å². The van der Waals surface area contributed by atoms with E-state index in [9.17, 15) is 0 Å². The van der Waals surface area contributed by atoms with Gasteiger partial charge in [-0.1, -0.05) is 24.3 Å². The summed E-state index contributed by atoms with van der Waals surface area (Å²) in [5, 5.41) is 3.31. The van der Waals surface area contributed by atoms with E-state index in [0.29, 0.717) is 0 Å². The lowest BCUT2D eigenvalue weighted by molar-refractivity contribution is 0.356. The minimum Gasteiger partial charge on any atom is -0.492 e. The van der Waals surface area contributed by atoms with E-state index < -0.39 is 0 Å². The molecule has 0 atom stereocenters. The largest absolute Gasteiger partial charge is 0.492 e. The standard InChI is InChI=1S/C12H13NO/c1-2-9-5-7-14-12(9)11(3-1)10-4-6-13-8-10/h1-4,13H,5-8H2. The number of ether oxygens (including phenoxy) is 1. The first kappa shape index (κ1) is 8.06. The topological polar surface area (TPSA) is 21.3 Å². The maximum atomic E-state index is 5.67. The number of nitrogens with one attached hydrogen (secondary N) is 1. The van der Waals surface area contributed by atoms with Crippen molar-refractivity contribution in [3.8, 4) is 5.75 Å².